The number of fused-ring (bicyclic) bond motifs is 1. The number of piperazine rings is 1. The number of carbonyl (C=O) groups excluding carboxylic acids is 2. The lowest BCUT2D eigenvalue weighted by molar-refractivity contribution is -0.114. The molecule has 176 valence electrons. The molecule has 10 heteroatoms. The summed E-state index contributed by atoms with van der Waals surface area (Å²) in [5.74, 6) is -0.201. The van der Waals surface area contributed by atoms with Gasteiger partial charge in [0.25, 0.3) is 0 Å². The van der Waals surface area contributed by atoms with Crippen LogP contribution in [0.3, 0.4) is 0 Å². The highest BCUT2D eigenvalue weighted by Gasteiger charge is 2.25. The molecule has 0 atom stereocenters. The summed E-state index contributed by atoms with van der Waals surface area (Å²) in [4.78, 5) is 43.5. The highest BCUT2D eigenvalue weighted by molar-refractivity contribution is 8.00. The summed E-state index contributed by atoms with van der Waals surface area (Å²) in [5.41, 5.74) is 3.12. The fourth-order valence-corrected chi connectivity index (χ4v) is 5.16. The van der Waals surface area contributed by atoms with Crippen molar-refractivity contribution in [3.8, 4) is 0 Å². The number of aromatic nitrogens is 2. The third-order valence-electron chi connectivity index (χ3n) is 5.90. The largest absolute Gasteiger partial charge is 0.367 e. The summed E-state index contributed by atoms with van der Waals surface area (Å²) in [7, 11) is 2.09. The number of hydrogen-bond donors (Lipinski definition) is 2. The summed E-state index contributed by atoms with van der Waals surface area (Å²) in [5, 5.41) is 8.34. The van der Waals surface area contributed by atoms with Crippen LogP contribution in [-0.2, 0) is 22.4 Å². The first kappa shape index (κ1) is 23.3. The summed E-state index contributed by atoms with van der Waals surface area (Å²) in [6.07, 6.45) is 3.85. The number of rotatable bonds is 6. The van der Waals surface area contributed by atoms with Gasteiger partial charge in [-0.15, -0.1) is 0 Å². The maximum atomic E-state index is 13.0. The Labute approximate surface area is 197 Å². The van der Waals surface area contributed by atoms with Crippen LogP contribution in [0, 0.1) is 0 Å². The molecule has 9 nitrogen and oxygen atoms in total. The number of carbonyl (C=O) groups is 2. The quantitative estimate of drug-likeness (QED) is 0.490. The Morgan fingerprint density at radius 1 is 1.06 bits per heavy atom. The standard InChI is InChI=1S/C23H30N6O3S/c1-16(30)24-17-6-5-7-18(14-17)25-21(31)15-33-22-19-8-3-4-9-20(19)29(23(32)26-22)28-12-10-27(2)11-13-28/h5-7,14H,3-4,8-13,15H2,1-2H3,(H,24,30)(H,25,31). The minimum Gasteiger partial charge on any atom is -0.326 e. The smallest absolute Gasteiger partial charge is 0.326 e. The molecule has 0 radical (unpaired) electrons. The van der Waals surface area contributed by atoms with Crippen molar-refractivity contribution in [1.82, 2.24) is 14.6 Å². The third-order valence-corrected chi connectivity index (χ3v) is 6.92. The van der Waals surface area contributed by atoms with Gasteiger partial charge in [-0.3, -0.25) is 9.59 Å². The van der Waals surface area contributed by atoms with E-state index in [2.05, 4.69) is 32.6 Å². The van der Waals surface area contributed by atoms with Crippen molar-refractivity contribution in [2.45, 2.75) is 37.6 Å². The minimum absolute atomic E-state index is 0.155. The number of amides is 2. The van der Waals surface area contributed by atoms with Gasteiger partial charge in [0.05, 0.1) is 11.4 Å². The molecule has 33 heavy (non-hydrogen) atoms. The van der Waals surface area contributed by atoms with Crippen LogP contribution in [-0.4, -0.2) is 65.4 Å². The highest BCUT2D eigenvalue weighted by atomic mass is 32.2. The number of likely N-dealkylation sites (N-methyl/N-ethyl adjacent to an activating group) is 1. The fraction of sp³-hybridized carbons (Fsp3) is 0.478. The Hall–Kier alpha value is -2.85. The zero-order chi connectivity index (χ0) is 23.4. The van der Waals surface area contributed by atoms with Crippen LogP contribution in [0.1, 0.15) is 31.0 Å². The number of anilines is 2. The topological polar surface area (TPSA) is 99.6 Å². The van der Waals surface area contributed by atoms with Crippen LogP contribution >= 0.6 is 11.8 Å². The Balaban J connectivity index is 1.47. The van der Waals surface area contributed by atoms with Gasteiger partial charge in [0.2, 0.25) is 11.8 Å². The Morgan fingerprint density at radius 3 is 2.48 bits per heavy atom. The van der Waals surface area contributed by atoms with E-state index in [-0.39, 0.29) is 23.3 Å². The van der Waals surface area contributed by atoms with Gasteiger partial charge in [-0.25, -0.2) is 9.47 Å². The fourth-order valence-electron chi connectivity index (χ4n) is 4.29. The molecule has 1 aromatic carbocycles. The molecule has 2 aromatic rings. The van der Waals surface area contributed by atoms with E-state index in [0.717, 1.165) is 63.1 Å². The zero-order valence-electron chi connectivity index (χ0n) is 19.1. The molecular formula is C23H30N6O3S. The van der Waals surface area contributed by atoms with E-state index in [0.29, 0.717) is 16.4 Å². The lowest BCUT2D eigenvalue weighted by Crippen LogP contribution is -2.54. The van der Waals surface area contributed by atoms with Crippen molar-refractivity contribution >= 4 is 35.0 Å². The van der Waals surface area contributed by atoms with Crippen LogP contribution < -0.4 is 21.3 Å². The van der Waals surface area contributed by atoms with E-state index in [9.17, 15) is 14.4 Å². The lowest BCUT2D eigenvalue weighted by atomic mass is 9.97. The third kappa shape index (κ3) is 5.75. The average Bonchev–Trinajstić information content (AvgIpc) is 2.78. The van der Waals surface area contributed by atoms with Gasteiger partial charge in [0.1, 0.15) is 5.03 Å². The van der Waals surface area contributed by atoms with E-state index in [1.165, 1.54) is 18.7 Å². The molecule has 0 saturated carbocycles. The van der Waals surface area contributed by atoms with Crippen molar-refractivity contribution in [3.05, 3.63) is 46.0 Å². The minimum atomic E-state index is -0.258. The van der Waals surface area contributed by atoms with E-state index >= 15 is 0 Å². The molecule has 2 N–H and O–H groups in total. The summed E-state index contributed by atoms with van der Waals surface area (Å²) < 4.78 is 1.79. The number of nitrogens with zero attached hydrogens (tertiary/aromatic N) is 4. The van der Waals surface area contributed by atoms with Gasteiger partial charge in [-0.2, -0.15) is 4.98 Å². The van der Waals surface area contributed by atoms with Gasteiger partial charge in [-0.1, -0.05) is 17.8 Å². The Kier molecular flexibility index (Phi) is 7.34. The van der Waals surface area contributed by atoms with E-state index in [1.807, 2.05) is 0 Å². The number of benzene rings is 1. The maximum Gasteiger partial charge on any atom is 0.367 e. The Morgan fingerprint density at radius 2 is 1.76 bits per heavy atom. The van der Waals surface area contributed by atoms with Crippen LogP contribution in [0.4, 0.5) is 11.4 Å². The number of hydrogen-bond acceptors (Lipinski definition) is 7. The maximum absolute atomic E-state index is 13.0. The molecule has 4 rings (SSSR count). The summed E-state index contributed by atoms with van der Waals surface area (Å²) in [6, 6.07) is 7.01. The highest BCUT2D eigenvalue weighted by Crippen LogP contribution is 2.29. The predicted molar refractivity (Wildman–Crippen MR) is 131 cm³/mol. The SMILES string of the molecule is CC(=O)Nc1cccc(NC(=O)CSc2nc(=O)n(N3CCN(C)CC3)c3c2CCCC3)c1. The molecular weight excluding hydrogens is 440 g/mol. The monoisotopic (exact) mass is 470 g/mol. The predicted octanol–water partition coefficient (Wildman–Crippen LogP) is 1.69. The first-order valence-corrected chi connectivity index (χ1v) is 12.3. The van der Waals surface area contributed by atoms with Crippen molar-refractivity contribution in [1.29, 1.82) is 0 Å². The van der Waals surface area contributed by atoms with E-state index in [1.54, 1.807) is 28.9 Å². The molecule has 1 fully saturated rings. The van der Waals surface area contributed by atoms with Crippen LogP contribution in [0.15, 0.2) is 34.1 Å². The van der Waals surface area contributed by atoms with Gasteiger partial charge < -0.3 is 20.5 Å². The Bertz CT molecular complexity index is 1090. The van der Waals surface area contributed by atoms with Crippen LogP contribution in [0.5, 0.6) is 0 Å². The second-order valence-electron chi connectivity index (χ2n) is 8.50. The van der Waals surface area contributed by atoms with E-state index < -0.39 is 0 Å². The van der Waals surface area contributed by atoms with Gasteiger partial charge in [-0.05, 0) is 50.9 Å². The first-order chi connectivity index (χ1) is 15.9. The van der Waals surface area contributed by atoms with Crippen molar-refractivity contribution in [2.24, 2.45) is 0 Å². The van der Waals surface area contributed by atoms with Crippen LogP contribution in [0.2, 0.25) is 0 Å². The second kappa shape index (κ2) is 10.4. The normalized spacial score (nSPS) is 16.2. The molecule has 1 aliphatic carbocycles. The molecule has 2 amide bonds. The summed E-state index contributed by atoms with van der Waals surface area (Å²) >= 11 is 1.31. The van der Waals surface area contributed by atoms with Crippen LogP contribution in [0.25, 0.3) is 0 Å². The lowest BCUT2D eigenvalue weighted by Gasteiger charge is -2.37. The van der Waals surface area contributed by atoms with Crippen molar-refractivity contribution < 1.29 is 9.59 Å². The number of thioether (sulfide) groups is 1. The first-order valence-electron chi connectivity index (χ1n) is 11.3. The molecule has 0 bridgehead atoms. The molecule has 1 aliphatic heterocycles. The van der Waals surface area contributed by atoms with Crippen molar-refractivity contribution in [2.75, 3.05) is 54.6 Å². The molecule has 2 heterocycles. The zero-order valence-corrected chi connectivity index (χ0v) is 19.9. The van der Waals surface area contributed by atoms with Gasteiger partial charge in [0, 0.05) is 50.0 Å². The van der Waals surface area contributed by atoms with Gasteiger partial charge in [0.15, 0.2) is 0 Å². The molecule has 0 unspecified atom stereocenters. The molecule has 2 aliphatic rings. The average molecular weight is 471 g/mol. The molecule has 1 aromatic heterocycles. The van der Waals surface area contributed by atoms with Crippen molar-refractivity contribution in [3.63, 3.8) is 0 Å². The number of nitrogens with one attached hydrogen (secondary N) is 2. The summed E-state index contributed by atoms with van der Waals surface area (Å²) in [6.45, 7) is 4.88. The second-order valence-corrected chi connectivity index (χ2v) is 9.46. The van der Waals surface area contributed by atoms with E-state index in [4.69, 9.17) is 0 Å². The molecule has 0 spiro atoms. The molecule has 1 saturated heterocycles. The van der Waals surface area contributed by atoms with Gasteiger partial charge >= 0.3 is 5.69 Å².